The molecule has 110 valence electrons. The van der Waals surface area contributed by atoms with Crippen LogP contribution in [-0.2, 0) is 4.79 Å². The molecule has 0 saturated heterocycles. The normalized spacial score (nSPS) is 12.2. The number of carboxylic acid groups (broad SMARTS) is 1. The molecule has 1 atom stereocenters. The van der Waals surface area contributed by atoms with Crippen molar-refractivity contribution in [2.24, 2.45) is 11.8 Å². The van der Waals surface area contributed by atoms with Gasteiger partial charge in [0.05, 0.1) is 10.4 Å². The van der Waals surface area contributed by atoms with Crippen molar-refractivity contribution in [3.63, 3.8) is 0 Å². The van der Waals surface area contributed by atoms with E-state index in [4.69, 9.17) is 5.11 Å². The van der Waals surface area contributed by atoms with E-state index in [9.17, 15) is 14.7 Å². The number of halogens is 1. The van der Waals surface area contributed by atoms with E-state index < -0.39 is 17.8 Å². The second-order valence-electron chi connectivity index (χ2n) is 5.04. The fourth-order valence-electron chi connectivity index (χ4n) is 1.81. The maximum absolute atomic E-state index is 11.9. The Morgan fingerprint density at radius 1 is 1.35 bits per heavy atom. The summed E-state index contributed by atoms with van der Waals surface area (Å²) in [5.74, 6) is -1.72. The van der Waals surface area contributed by atoms with Gasteiger partial charge >= 0.3 is 5.97 Å². The third kappa shape index (κ3) is 4.85. The van der Waals surface area contributed by atoms with Crippen molar-refractivity contribution in [1.82, 2.24) is 5.32 Å². The maximum atomic E-state index is 11.9. The molecule has 20 heavy (non-hydrogen) atoms. The first-order valence-electron chi connectivity index (χ1n) is 6.30. The SMILES string of the molecule is CC(C)CC(CNC(=O)c1ccc(Br)c(O)c1)C(=O)O. The Kier molecular flexibility index (Phi) is 6.01. The number of nitrogens with one attached hydrogen (secondary N) is 1. The highest BCUT2D eigenvalue weighted by Gasteiger charge is 2.20. The molecule has 0 saturated carbocycles. The van der Waals surface area contributed by atoms with Gasteiger partial charge in [0, 0.05) is 12.1 Å². The number of hydrogen-bond donors (Lipinski definition) is 3. The molecule has 0 aliphatic carbocycles. The molecule has 0 spiro atoms. The lowest BCUT2D eigenvalue weighted by Gasteiger charge is -2.15. The number of hydrogen-bond acceptors (Lipinski definition) is 3. The van der Waals surface area contributed by atoms with E-state index in [0.29, 0.717) is 16.5 Å². The summed E-state index contributed by atoms with van der Waals surface area (Å²) in [6.07, 6.45) is 0.501. The first kappa shape index (κ1) is 16.5. The third-order valence-corrected chi connectivity index (χ3v) is 3.49. The molecular weight excluding hydrogens is 326 g/mol. The topological polar surface area (TPSA) is 86.6 Å². The molecule has 1 amide bonds. The van der Waals surface area contributed by atoms with E-state index in [1.54, 1.807) is 12.1 Å². The van der Waals surface area contributed by atoms with Crippen LogP contribution in [0.3, 0.4) is 0 Å². The number of carbonyl (C=O) groups excluding carboxylic acids is 1. The molecular formula is C14H18BrNO4. The average Bonchev–Trinajstić information content (AvgIpc) is 2.36. The molecule has 1 unspecified atom stereocenters. The lowest BCUT2D eigenvalue weighted by molar-refractivity contribution is -0.142. The van der Waals surface area contributed by atoms with Crippen molar-refractivity contribution in [3.05, 3.63) is 28.2 Å². The molecule has 0 heterocycles. The molecule has 0 aromatic heterocycles. The zero-order valence-electron chi connectivity index (χ0n) is 11.4. The first-order valence-corrected chi connectivity index (χ1v) is 7.10. The number of rotatable bonds is 6. The minimum absolute atomic E-state index is 0.0328. The van der Waals surface area contributed by atoms with Gasteiger partial charge < -0.3 is 15.5 Å². The van der Waals surface area contributed by atoms with Crippen LogP contribution < -0.4 is 5.32 Å². The van der Waals surface area contributed by atoms with Crippen LogP contribution in [0.1, 0.15) is 30.6 Å². The van der Waals surface area contributed by atoms with Crippen LogP contribution in [0.15, 0.2) is 22.7 Å². The van der Waals surface area contributed by atoms with Gasteiger partial charge in [0.2, 0.25) is 0 Å². The monoisotopic (exact) mass is 343 g/mol. The fraction of sp³-hybridized carbons (Fsp3) is 0.429. The lowest BCUT2D eigenvalue weighted by Crippen LogP contribution is -2.33. The van der Waals surface area contributed by atoms with Gasteiger partial charge in [0.15, 0.2) is 0 Å². The Morgan fingerprint density at radius 2 is 2.00 bits per heavy atom. The molecule has 1 aromatic rings. The van der Waals surface area contributed by atoms with Gasteiger partial charge in [-0.15, -0.1) is 0 Å². The maximum Gasteiger partial charge on any atom is 0.308 e. The summed E-state index contributed by atoms with van der Waals surface area (Å²) < 4.78 is 0.497. The Bertz CT molecular complexity index is 502. The molecule has 0 bridgehead atoms. The molecule has 6 heteroatoms. The Morgan fingerprint density at radius 3 is 2.50 bits per heavy atom. The molecule has 1 rings (SSSR count). The van der Waals surface area contributed by atoms with E-state index in [1.807, 2.05) is 13.8 Å². The summed E-state index contributed by atoms with van der Waals surface area (Å²) in [6, 6.07) is 4.45. The largest absolute Gasteiger partial charge is 0.507 e. The van der Waals surface area contributed by atoms with Gasteiger partial charge in [-0.1, -0.05) is 13.8 Å². The Labute approximate surface area is 126 Å². The van der Waals surface area contributed by atoms with Crippen molar-refractivity contribution < 1.29 is 19.8 Å². The minimum atomic E-state index is -0.919. The van der Waals surface area contributed by atoms with Gasteiger partial charge in [-0.2, -0.15) is 0 Å². The minimum Gasteiger partial charge on any atom is -0.507 e. The van der Waals surface area contributed by atoms with Crippen molar-refractivity contribution in [2.45, 2.75) is 20.3 Å². The molecule has 0 radical (unpaired) electrons. The fourth-order valence-corrected chi connectivity index (χ4v) is 2.06. The zero-order chi connectivity index (χ0) is 15.3. The van der Waals surface area contributed by atoms with Gasteiger partial charge in [-0.3, -0.25) is 9.59 Å². The zero-order valence-corrected chi connectivity index (χ0v) is 13.0. The number of phenols is 1. The van der Waals surface area contributed by atoms with Crippen LogP contribution in [0, 0.1) is 11.8 Å². The highest BCUT2D eigenvalue weighted by atomic mass is 79.9. The smallest absolute Gasteiger partial charge is 0.308 e. The number of carbonyl (C=O) groups is 2. The second kappa shape index (κ2) is 7.28. The van der Waals surface area contributed by atoms with Crippen molar-refractivity contribution in [2.75, 3.05) is 6.54 Å². The first-order chi connectivity index (χ1) is 9.31. The molecule has 0 aliphatic heterocycles. The summed E-state index contributed by atoms with van der Waals surface area (Å²) in [5, 5.41) is 21.2. The van der Waals surface area contributed by atoms with E-state index in [1.165, 1.54) is 6.07 Å². The van der Waals surface area contributed by atoms with Gasteiger partial charge in [0.1, 0.15) is 5.75 Å². The van der Waals surface area contributed by atoms with Crippen LogP contribution in [0.25, 0.3) is 0 Å². The van der Waals surface area contributed by atoms with Crippen molar-refractivity contribution in [1.29, 1.82) is 0 Å². The highest BCUT2D eigenvalue weighted by molar-refractivity contribution is 9.10. The van der Waals surface area contributed by atoms with Crippen LogP contribution in [-0.4, -0.2) is 28.6 Å². The van der Waals surface area contributed by atoms with Crippen LogP contribution in [0.4, 0.5) is 0 Å². The van der Waals surface area contributed by atoms with Gasteiger partial charge in [0.25, 0.3) is 5.91 Å². The van der Waals surface area contributed by atoms with Crippen LogP contribution in [0.2, 0.25) is 0 Å². The van der Waals surface area contributed by atoms with E-state index in [-0.39, 0.29) is 18.2 Å². The predicted molar refractivity (Wildman–Crippen MR) is 78.7 cm³/mol. The third-order valence-electron chi connectivity index (χ3n) is 2.82. The highest BCUT2D eigenvalue weighted by Crippen LogP contribution is 2.24. The Hall–Kier alpha value is -1.56. The number of amides is 1. The summed E-state index contributed by atoms with van der Waals surface area (Å²) in [5.41, 5.74) is 0.291. The van der Waals surface area contributed by atoms with Gasteiger partial charge in [-0.05, 0) is 46.5 Å². The van der Waals surface area contributed by atoms with E-state index in [0.717, 1.165) is 0 Å². The summed E-state index contributed by atoms with van der Waals surface area (Å²) in [7, 11) is 0. The van der Waals surface area contributed by atoms with E-state index in [2.05, 4.69) is 21.2 Å². The summed E-state index contributed by atoms with van der Waals surface area (Å²) in [4.78, 5) is 23.0. The standard InChI is InChI=1S/C14H18BrNO4/c1-8(2)5-10(14(19)20)7-16-13(18)9-3-4-11(15)12(17)6-9/h3-4,6,8,10,17H,5,7H2,1-2H3,(H,16,18)(H,19,20). The number of phenolic OH excluding ortho intramolecular Hbond substituents is 1. The second-order valence-corrected chi connectivity index (χ2v) is 5.90. The average molecular weight is 344 g/mol. The number of aromatic hydroxyl groups is 1. The molecule has 0 aliphatic rings. The number of benzene rings is 1. The molecule has 1 aromatic carbocycles. The number of aliphatic carboxylic acids is 1. The van der Waals surface area contributed by atoms with Crippen LogP contribution >= 0.6 is 15.9 Å². The van der Waals surface area contributed by atoms with Crippen molar-refractivity contribution >= 4 is 27.8 Å². The van der Waals surface area contributed by atoms with Crippen molar-refractivity contribution in [3.8, 4) is 5.75 Å². The van der Waals surface area contributed by atoms with Gasteiger partial charge in [-0.25, -0.2) is 0 Å². The van der Waals surface area contributed by atoms with E-state index >= 15 is 0 Å². The quantitative estimate of drug-likeness (QED) is 0.740. The molecule has 0 fully saturated rings. The van der Waals surface area contributed by atoms with Crippen LogP contribution in [0.5, 0.6) is 5.75 Å². The summed E-state index contributed by atoms with van der Waals surface area (Å²) >= 11 is 3.13. The lowest BCUT2D eigenvalue weighted by atomic mass is 9.97. The predicted octanol–water partition coefficient (Wildman–Crippen LogP) is 2.63. The molecule has 5 nitrogen and oxygen atoms in total. The molecule has 3 N–H and O–H groups in total. The summed E-state index contributed by atoms with van der Waals surface area (Å²) in [6.45, 7) is 3.94. The Balaban J connectivity index is 2.65. The number of carboxylic acids is 1.